The van der Waals surface area contributed by atoms with E-state index in [1.165, 1.54) is 0 Å². The number of benzene rings is 2. The van der Waals surface area contributed by atoms with Crippen molar-refractivity contribution in [3.8, 4) is 0 Å². The van der Waals surface area contributed by atoms with Crippen LogP contribution in [0.25, 0.3) is 0 Å². The van der Waals surface area contributed by atoms with Crippen molar-refractivity contribution < 1.29 is 4.79 Å². The lowest BCUT2D eigenvalue weighted by Crippen LogP contribution is -2.15. The number of amidine groups is 1. The minimum absolute atomic E-state index is 0.413. The summed E-state index contributed by atoms with van der Waals surface area (Å²) in [5.41, 5.74) is 1.94. The van der Waals surface area contributed by atoms with E-state index in [1.807, 2.05) is 54.6 Å². The molecule has 4 heteroatoms. The zero-order chi connectivity index (χ0) is 13.1. The fourth-order valence-electron chi connectivity index (χ4n) is 1.95. The second-order valence-corrected chi connectivity index (χ2v) is 5.18. The zero-order valence-electron chi connectivity index (χ0n) is 10.1. The highest BCUT2D eigenvalue weighted by Gasteiger charge is 2.21. The summed E-state index contributed by atoms with van der Waals surface area (Å²) < 4.78 is 0. The van der Waals surface area contributed by atoms with Gasteiger partial charge in [-0.3, -0.25) is 0 Å². The number of hydrogen-bond acceptors (Lipinski definition) is 4. The lowest BCUT2D eigenvalue weighted by molar-refractivity contribution is -0.108. The topological polar surface area (TPSA) is 41.5 Å². The molecule has 0 spiro atoms. The quantitative estimate of drug-likeness (QED) is 0.847. The summed E-state index contributed by atoms with van der Waals surface area (Å²) in [5.74, 6) is 0. The van der Waals surface area contributed by atoms with Crippen molar-refractivity contribution in [3.05, 3.63) is 60.2 Å². The molecule has 19 heavy (non-hydrogen) atoms. The van der Waals surface area contributed by atoms with Crippen LogP contribution < -0.4 is 5.32 Å². The molecule has 0 saturated carbocycles. The van der Waals surface area contributed by atoms with Crippen molar-refractivity contribution in [2.75, 3.05) is 5.32 Å². The van der Waals surface area contributed by atoms with E-state index in [9.17, 15) is 4.79 Å². The van der Waals surface area contributed by atoms with Gasteiger partial charge in [0.1, 0.15) is 12.3 Å². The second-order valence-electron chi connectivity index (χ2n) is 4.15. The first kappa shape index (κ1) is 12.0. The molecule has 94 valence electrons. The van der Waals surface area contributed by atoms with Crippen molar-refractivity contribution >= 4 is 28.9 Å². The molecule has 1 atom stereocenters. The predicted octanol–water partition coefficient (Wildman–Crippen LogP) is 3.50. The van der Waals surface area contributed by atoms with Gasteiger partial charge in [0, 0.05) is 10.6 Å². The van der Waals surface area contributed by atoms with Crippen LogP contribution in [0.4, 0.5) is 5.69 Å². The number of anilines is 1. The second kappa shape index (κ2) is 5.28. The standard InChI is InChI=1S/C15H12N2OS/c18-10-13-12-8-4-5-9-14(12)19-15(17-13)16-11-6-2-1-3-7-11/h1-10,13H,(H,16,17). The molecule has 0 bridgehead atoms. The molecule has 0 fully saturated rings. The van der Waals surface area contributed by atoms with Gasteiger partial charge < -0.3 is 10.1 Å². The Balaban J connectivity index is 1.89. The fraction of sp³-hybridized carbons (Fsp3) is 0.0667. The van der Waals surface area contributed by atoms with E-state index in [0.717, 1.165) is 27.6 Å². The molecule has 0 radical (unpaired) electrons. The lowest BCUT2D eigenvalue weighted by Gasteiger charge is -2.20. The molecule has 3 nitrogen and oxygen atoms in total. The van der Waals surface area contributed by atoms with Crippen LogP contribution in [-0.2, 0) is 4.79 Å². The molecule has 2 aromatic carbocycles. The van der Waals surface area contributed by atoms with Crippen LogP contribution in [0.5, 0.6) is 0 Å². The van der Waals surface area contributed by atoms with E-state index in [4.69, 9.17) is 0 Å². The molecular weight excluding hydrogens is 256 g/mol. The third kappa shape index (κ3) is 2.53. The number of carbonyl (C=O) groups is 1. The molecule has 1 aliphatic heterocycles. The molecule has 0 saturated heterocycles. The number of para-hydroxylation sites is 1. The minimum Gasteiger partial charge on any atom is -0.335 e. The number of aldehydes is 1. The zero-order valence-corrected chi connectivity index (χ0v) is 10.9. The molecule has 0 aromatic heterocycles. The van der Waals surface area contributed by atoms with Gasteiger partial charge in [-0.2, -0.15) is 0 Å². The molecule has 0 amide bonds. The molecule has 3 rings (SSSR count). The highest BCUT2D eigenvalue weighted by atomic mass is 32.2. The lowest BCUT2D eigenvalue weighted by atomic mass is 10.1. The van der Waals surface area contributed by atoms with Crippen molar-refractivity contribution in [1.29, 1.82) is 0 Å². The number of nitrogens with zero attached hydrogens (tertiary/aromatic N) is 1. The third-order valence-corrected chi connectivity index (χ3v) is 3.85. The van der Waals surface area contributed by atoms with Crippen molar-refractivity contribution in [1.82, 2.24) is 0 Å². The highest BCUT2D eigenvalue weighted by molar-refractivity contribution is 8.14. The Bertz CT molecular complexity index is 625. The number of nitrogens with one attached hydrogen (secondary N) is 1. The monoisotopic (exact) mass is 268 g/mol. The van der Waals surface area contributed by atoms with Gasteiger partial charge >= 0.3 is 0 Å². The number of thioether (sulfide) groups is 1. The SMILES string of the molecule is O=CC1N=C(Nc2ccccc2)Sc2ccccc21. The van der Waals surface area contributed by atoms with Gasteiger partial charge in [-0.25, -0.2) is 4.99 Å². The number of fused-ring (bicyclic) bond motifs is 1. The first-order valence-electron chi connectivity index (χ1n) is 5.99. The summed E-state index contributed by atoms with van der Waals surface area (Å²) in [7, 11) is 0. The maximum atomic E-state index is 11.2. The summed E-state index contributed by atoms with van der Waals surface area (Å²) in [6.45, 7) is 0. The van der Waals surface area contributed by atoms with Crippen LogP contribution in [0.15, 0.2) is 64.5 Å². The molecule has 1 N–H and O–H groups in total. The maximum absolute atomic E-state index is 11.2. The summed E-state index contributed by atoms with van der Waals surface area (Å²) >= 11 is 1.55. The molecule has 1 aliphatic rings. The van der Waals surface area contributed by atoms with Crippen molar-refractivity contribution in [2.24, 2.45) is 4.99 Å². The van der Waals surface area contributed by atoms with Gasteiger partial charge in [-0.05, 0) is 23.8 Å². The smallest absolute Gasteiger partial charge is 0.166 e. The average molecular weight is 268 g/mol. The number of carbonyl (C=O) groups excluding carboxylic acids is 1. The van der Waals surface area contributed by atoms with E-state index in [-0.39, 0.29) is 0 Å². The Morgan fingerprint density at radius 2 is 1.79 bits per heavy atom. The van der Waals surface area contributed by atoms with E-state index in [2.05, 4.69) is 10.3 Å². The number of hydrogen-bond donors (Lipinski definition) is 1. The number of rotatable bonds is 2. The van der Waals surface area contributed by atoms with Crippen LogP contribution in [0.3, 0.4) is 0 Å². The van der Waals surface area contributed by atoms with Gasteiger partial charge in [-0.15, -0.1) is 0 Å². The van der Waals surface area contributed by atoms with Crippen LogP contribution in [0, 0.1) is 0 Å². The van der Waals surface area contributed by atoms with Crippen molar-refractivity contribution in [3.63, 3.8) is 0 Å². The largest absolute Gasteiger partial charge is 0.335 e. The van der Waals surface area contributed by atoms with Crippen LogP contribution in [0.2, 0.25) is 0 Å². The summed E-state index contributed by atoms with van der Waals surface area (Å²) in [4.78, 5) is 16.7. The first-order chi connectivity index (χ1) is 9.36. The molecule has 2 aromatic rings. The van der Waals surface area contributed by atoms with Gasteiger partial charge in [-0.1, -0.05) is 48.2 Å². The Morgan fingerprint density at radius 3 is 2.58 bits per heavy atom. The van der Waals surface area contributed by atoms with Gasteiger partial charge in [0.15, 0.2) is 5.17 Å². The summed E-state index contributed by atoms with van der Waals surface area (Å²) in [6.07, 6.45) is 0.880. The minimum atomic E-state index is -0.413. The number of aliphatic imine (C=N–C) groups is 1. The molecule has 1 unspecified atom stereocenters. The first-order valence-corrected chi connectivity index (χ1v) is 6.80. The molecular formula is C15H12N2OS. The van der Waals surface area contributed by atoms with Crippen molar-refractivity contribution in [2.45, 2.75) is 10.9 Å². The van der Waals surface area contributed by atoms with Gasteiger partial charge in [0.2, 0.25) is 0 Å². The third-order valence-electron chi connectivity index (χ3n) is 2.85. The normalized spacial score (nSPS) is 17.3. The molecule has 1 heterocycles. The Hall–Kier alpha value is -2.07. The fourth-order valence-corrected chi connectivity index (χ4v) is 2.95. The maximum Gasteiger partial charge on any atom is 0.166 e. The Morgan fingerprint density at radius 1 is 1.05 bits per heavy atom. The van der Waals surface area contributed by atoms with Crippen LogP contribution >= 0.6 is 11.8 Å². The van der Waals surface area contributed by atoms with E-state index < -0.39 is 6.04 Å². The summed E-state index contributed by atoms with van der Waals surface area (Å²) in [5, 5.41) is 3.99. The van der Waals surface area contributed by atoms with Gasteiger partial charge in [0.05, 0.1) is 0 Å². The van der Waals surface area contributed by atoms with Gasteiger partial charge in [0.25, 0.3) is 0 Å². The van der Waals surface area contributed by atoms with E-state index in [1.54, 1.807) is 11.8 Å². The predicted molar refractivity (Wildman–Crippen MR) is 78.6 cm³/mol. The Kier molecular flexibility index (Phi) is 3.33. The van der Waals surface area contributed by atoms with Crippen LogP contribution in [0.1, 0.15) is 11.6 Å². The van der Waals surface area contributed by atoms with E-state index >= 15 is 0 Å². The van der Waals surface area contributed by atoms with E-state index in [0.29, 0.717) is 0 Å². The van der Waals surface area contributed by atoms with Crippen LogP contribution in [-0.4, -0.2) is 11.5 Å². The Labute approximate surface area is 115 Å². The highest BCUT2D eigenvalue weighted by Crippen LogP contribution is 2.35. The molecule has 0 aliphatic carbocycles. The summed E-state index contributed by atoms with van der Waals surface area (Å²) in [6, 6.07) is 17.3. The average Bonchev–Trinajstić information content (AvgIpc) is 2.47.